The fourth-order valence-corrected chi connectivity index (χ4v) is 5.27. The fraction of sp³-hybridized carbons (Fsp3) is 0.696. The van der Waals surface area contributed by atoms with E-state index < -0.39 is 5.60 Å². The zero-order chi connectivity index (χ0) is 19.4. The van der Waals surface area contributed by atoms with Gasteiger partial charge in [0, 0.05) is 39.1 Å². The van der Waals surface area contributed by atoms with Crippen LogP contribution in [0, 0.1) is 5.92 Å². The molecule has 1 saturated carbocycles. The molecule has 3 aliphatic rings. The number of nitrogens with zero attached hydrogens (tertiary/aromatic N) is 1. The molecule has 0 spiro atoms. The van der Waals surface area contributed by atoms with Gasteiger partial charge in [0.1, 0.15) is 0 Å². The highest BCUT2D eigenvalue weighted by atomic mass is 16.5. The van der Waals surface area contributed by atoms with Crippen LogP contribution in [0.5, 0.6) is 0 Å². The van der Waals surface area contributed by atoms with Crippen LogP contribution in [0.4, 0.5) is 0 Å². The molecule has 1 unspecified atom stereocenters. The van der Waals surface area contributed by atoms with Crippen LogP contribution in [0.3, 0.4) is 0 Å². The highest BCUT2D eigenvalue weighted by molar-refractivity contribution is 5.79. The van der Waals surface area contributed by atoms with Crippen molar-refractivity contribution in [1.29, 1.82) is 0 Å². The molecule has 1 saturated heterocycles. The van der Waals surface area contributed by atoms with E-state index in [4.69, 9.17) is 4.74 Å². The number of carbonyl (C=O) groups is 1. The van der Waals surface area contributed by atoms with Crippen LogP contribution in [0.2, 0.25) is 0 Å². The second-order valence-electron chi connectivity index (χ2n) is 8.82. The van der Waals surface area contributed by atoms with Gasteiger partial charge >= 0.3 is 0 Å². The highest BCUT2D eigenvalue weighted by Crippen LogP contribution is 2.41. The smallest absolute Gasteiger partial charge is 0.237 e. The summed E-state index contributed by atoms with van der Waals surface area (Å²) in [5, 5.41) is 13.9. The third-order valence-corrected chi connectivity index (χ3v) is 6.90. The molecule has 2 heterocycles. The van der Waals surface area contributed by atoms with Crippen molar-refractivity contribution >= 4 is 5.91 Å². The summed E-state index contributed by atoms with van der Waals surface area (Å²) in [5.41, 5.74) is 2.03. The molecule has 5 heteroatoms. The van der Waals surface area contributed by atoms with Gasteiger partial charge in [-0.25, -0.2) is 0 Å². The van der Waals surface area contributed by atoms with E-state index in [9.17, 15) is 9.90 Å². The van der Waals surface area contributed by atoms with E-state index in [-0.39, 0.29) is 11.9 Å². The van der Waals surface area contributed by atoms with Crippen LogP contribution in [0.25, 0.3) is 0 Å². The van der Waals surface area contributed by atoms with Gasteiger partial charge in [-0.05, 0) is 36.3 Å². The minimum absolute atomic E-state index is 0.167. The standard InChI is InChI=1S/C23H34N2O3/c26-21(16-24-17-23(27)11-14-28-15-12-23)25-13-10-18-6-4-5-9-20(18)22(25)19-7-2-1-3-8-19/h4-6,9,19,22,24,27H,1-3,7-8,10-17H2. The summed E-state index contributed by atoms with van der Waals surface area (Å²) < 4.78 is 5.34. The second-order valence-corrected chi connectivity index (χ2v) is 8.82. The molecular weight excluding hydrogens is 352 g/mol. The summed E-state index contributed by atoms with van der Waals surface area (Å²) in [6, 6.07) is 8.90. The molecule has 1 atom stereocenters. The van der Waals surface area contributed by atoms with Crippen molar-refractivity contribution in [2.75, 3.05) is 32.8 Å². The predicted octanol–water partition coefficient (Wildman–Crippen LogP) is 2.82. The molecule has 2 N–H and O–H groups in total. The minimum atomic E-state index is -0.740. The Kier molecular flexibility index (Phi) is 6.34. The molecule has 1 aliphatic carbocycles. The average molecular weight is 387 g/mol. The Balaban J connectivity index is 1.43. The van der Waals surface area contributed by atoms with Crippen molar-refractivity contribution in [3.05, 3.63) is 35.4 Å². The van der Waals surface area contributed by atoms with E-state index in [1.54, 1.807) is 0 Å². The summed E-state index contributed by atoms with van der Waals surface area (Å²) in [7, 11) is 0. The normalized spacial score (nSPS) is 25.3. The van der Waals surface area contributed by atoms with Crippen molar-refractivity contribution in [2.24, 2.45) is 5.92 Å². The number of rotatable bonds is 5. The zero-order valence-electron chi connectivity index (χ0n) is 16.9. The van der Waals surface area contributed by atoms with Gasteiger partial charge in [0.2, 0.25) is 5.91 Å². The second kappa shape index (κ2) is 8.93. The van der Waals surface area contributed by atoms with Gasteiger partial charge in [0.05, 0.1) is 18.2 Å². The molecule has 5 nitrogen and oxygen atoms in total. The molecule has 1 aromatic carbocycles. The molecule has 0 bridgehead atoms. The van der Waals surface area contributed by atoms with Gasteiger partial charge < -0.3 is 20.1 Å². The molecular formula is C23H34N2O3. The molecule has 2 aliphatic heterocycles. The minimum Gasteiger partial charge on any atom is -0.388 e. The van der Waals surface area contributed by atoms with Crippen LogP contribution in [-0.4, -0.2) is 54.4 Å². The first-order chi connectivity index (χ1) is 13.7. The van der Waals surface area contributed by atoms with Crippen LogP contribution in [0.1, 0.15) is 62.1 Å². The highest BCUT2D eigenvalue weighted by Gasteiger charge is 2.37. The number of aliphatic hydroxyl groups is 1. The quantitative estimate of drug-likeness (QED) is 0.817. The zero-order valence-corrected chi connectivity index (χ0v) is 16.9. The van der Waals surface area contributed by atoms with Crippen molar-refractivity contribution in [3.63, 3.8) is 0 Å². The molecule has 1 aromatic rings. The Labute approximate surface area is 168 Å². The van der Waals surface area contributed by atoms with Crippen LogP contribution in [-0.2, 0) is 16.0 Å². The molecule has 2 fully saturated rings. The van der Waals surface area contributed by atoms with E-state index in [2.05, 4.69) is 34.5 Å². The van der Waals surface area contributed by atoms with Crippen molar-refractivity contribution in [1.82, 2.24) is 10.2 Å². The van der Waals surface area contributed by atoms with E-state index in [1.165, 1.54) is 43.2 Å². The number of fused-ring (bicyclic) bond motifs is 1. The lowest BCUT2D eigenvalue weighted by atomic mass is 9.77. The Morgan fingerprint density at radius 2 is 1.93 bits per heavy atom. The topological polar surface area (TPSA) is 61.8 Å². The van der Waals surface area contributed by atoms with Gasteiger partial charge in [0.25, 0.3) is 0 Å². The van der Waals surface area contributed by atoms with Crippen LogP contribution >= 0.6 is 0 Å². The summed E-state index contributed by atoms with van der Waals surface area (Å²) >= 11 is 0. The van der Waals surface area contributed by atoms with Crippen molar-refractivity contribution in [2.45, 2.75) is 63.0 Å². The number of ether oxygens (including phenoxy) is 1. The first kappa shape index (κ1) is 19.9. The SMILES string of the molecule is O=C(CNCC1(O)CCOCC1)N1CCc2ccccc2C1C1CCCCC1. The summed E-state index contributed by atoms with van der Waals surface area (Å²) in [6.45, 7) is 2.75. The molecule has 0 aromatic heterocycles. The monoisotopic (exact) mass is 386 g/mol. The summed E-state index contributed by atoms with van der Waals surface area (Å²) in [4.78, 5) is 15.3. The number of hydrogen-bond donors (Lipinski definition) is 2. The Bertz CT molecular complexity index is 666. The number of amides is 1. The molecule has 0 radical (unpaired) electrons. The Morgan fingerprint density at radius 1 is 1.18 bits per heavy atom. The predicted molar refractivity (Wildman–Crippen MR) is 109 cm³/mol. The molecule has 154 valence electrons. The Morgan fingerprint density at radius 3 is 2.71 bits per heavy atom. The largest absolute Gasteiger partial charge is 0.388 e. The van der Waals surface area contributed by atoms with Gasteiger partial charge in [-0.3, -0.25) is 4.79 Å². The van der Waals surface area contributed by atoms with Crippen LogP contribution < -0.4 is 5.32 Å². The maximum Gasteiger partial charge on any atom is 0.237 e. The first-order valence-corrected chi connectivity index (χ1v) is 11.0. The third-order valence-electron chi connectivity index (χ3n) is 6.90. The van der Waals surface area contributed by atoms with Gasteiger partial charge in [0.15, 0.2) is 0 Å². The van der Waals surface area contributed by atoms with Gasteiger partial charge in [-0.1, -0.05) is 43.5 Å². The third kappa shape index (κ3) is 4.42. The molecule has 28 heavy (non-hydrogen) atoms. The van der Waals surface area contributed by atoms with Crippen molar-refractivity contribution in [3.8, 4) is 0 Å². The average Bonchev–Trinajstić information content (AvgIpc) is 2.74. The van der Waals surface area contributed by atoms with Crippen LogP contribution in [0.15, 0.2) is 24.3 Å². The van der Waals surface area contributed by atoms with Gasteiger partial charge in [-0.2, -0.15) is 0 Å². The lowest BCUT2D eigenvalue weighted by Crippen LogP contribution is -2.50. The number of carbonyl (C=O) groups excluding carboxylic acids is 1. The number of hydrogen-bond acceptors (Lipinski definition) is 4. The number of benzene rings is 1. The first-order valence-electron chi connectivity index (χ1n) is 11.0. The summed E-state index contributed by atoms with van der Waals surface area (Å²) in [5.74, 6) is 0.736. The fourth-order valence-electron chi connectivity index (χ4n) is 5.27. The Hall–Kier alpha value is -1.43. The lowest BCUT2D eigenvalue weighted by Gasteiger charge is -2.43. The lowest BCUT2D eigenvalue weighted by molar-refractivity contribution is -0.135. The molecule has 1 amide bonds. The van der Waals surface area contributed by atoms with E-state index in [0.717, 1.165) is 13.0 Å². The van der Waals surface area contributed by atoms with Gasteiger partial charge in [-0.15, -0.1) is 0 Å². The number of nitrogens with one attached hydrogen (secondary N) is 1. The van der Waals surface area contributed by atoms with E-state index in [0.29, 0.717) is 45.1 Å². The molecule has 4 rings (SSSR count). The maximum atomic E-state index is 13.2. The van der Waals surface area contributed by atoms with E-state index in [1.807, 2.05) is 0 Å². The summed E-state index contributed by atoms with van der Waals surface area (Å²) in [6.07, 6.45) is 8.52. The van der Waals surface area contributed by atoms with E-state index >= 15 is 0 Å². The van der Waals surface area contributed by atoms with Crippen molar-refractivity contribution < 1.29 is 14.6 Å². The maximum absolute atomic E-state index is 13.2.